The molecule has 0 atom stereocenters. The van der Waals surface area contributed by atoms with Crippen LogP contribution in [-0.4, -0.2) is 34.0 Å². The molecule has 0 radical (unpaired) electrons. The lowest BCUT2D eigenvalue weighted by atomic mass is 10.1. The predicted octanol–water partition coefficient (Wildman–Crippen LogP) is 3.73. The highest BCUT2D eigenvalue weighted by atomic mass is 32.2. The fourth-order valence-corrected chi connectivity index (χ4v) is 3.59. The Bertz CT molecular complexity index is 1470. The van der Waals surface area contributed by atoms with E-state index in [-0.39, 0.29) is 16.1 Å². The van der Waals surface area contributed by atoms with Crippen molar-refractivity contribution in [3.8, 4) is 0 Å². The largest absolute Gasteiger partial charge is 0.477 e. The number of nitrogen functional groups attached to an aromatic ring is 1. The average molecular weight is 423 g/mol. The summed E-state index contributed by atoms with van der Waals surface area (Å²) in [5.74, 6) is -1.17. The molecular weight excluding hydrogens is 410 g/mol. The lowest BCUT2D eigenvalue weighted by Gasteiger charge is -2.05. The van der Waals surface area contributed by atoms with Crippen molar-refractivity contribution in [2.75, 3.05) is 5.73 Å². The highest BCUT2D eigenvalue weighted by Crippen LogP contribution is 2.31. The summed E-state index contributed by atoms with van der Waals surface area (Å²) in [6.07, 6.45) is 1.32. The molecule has 4 aromatic rings. The van der Waals surface area contributed by atoms with Crippen LogP contribution in [0.15, 0.2) is 69.9 Å². The molecule has 0 saturated heterocycles. The molecule has 2 aromatic carbocycles. The number of anilines is 1. The second-order valence-corrected chi connectivity index (χ2v) is 7.66. The third kappa shape index (κ3) is 3.54. The number of carboxylic acid groups (broad SMARTS) is 1. The Kier molecular flexibility index (Phi) is 4.60. The smallest absolute Gasteiger partial charge is 0.354 e. The van der Waals surface area contributed by atoms with Gasteiger partial charge in [0.25, 0.3) is 10.1 Å². The standard InChI is InChI=1S/C19H13N5O5S/c20-13-5-7-14(12-4-6-15(19(25)26)22-18(12)13)24-23-11-8-10-2-1-3-16(30(27,28)29)17(10)21-9-11/h1-9H,20H2,(H,25,26)(H,27,28,29). The first-order valence-corrected chi connectivity index (χ1v) is 9.88. The summed E-state index contributed by atoms with van der Waals surface area (Å²) in [5, 5.41) is 18.4. The minimum absolute atomic E-state index is 0.113. The van der Waals surface area contributed by atoms with Gasteiger partial charge in [-0.05, 0) is 36.4 Å². The number of nitrogens with zero attached hydrogens (tertiary/aromatic N) is 4. The van der Waals surface area contributed by atoms with Gasteiger partial charge in [-0.15, -0.1) is 10.2 Å². The van der Waals surface area contributed by atoms with E-state index in [1.54, 1.807) is 30.3 Å². The van der Waals surface area contributed by atoms with Gasteiger partial charge in [0.1, 0.15) is 16.3 Å². The molecule has 0 aliphatic rings. The summed E-state index contributed by atoms with van der Waals surface area (Å²) in [6.45, 7) is 0. The SMILES string of the molecule is Nc1ccc(N=Nc2cnc3c(S(=O)(=O)O)cccc3c2)c2ccc(C(=O)O)nc12. The zero-order valence-corrected chi connectivity index (χ0v) is 15.9. The summed E-state index contributed by atoms with van der Waals surface area (Å²) in [7, 11) is -4.41. The van der Waals surface area contributed by atoms with E-state index in [0.29, 0.717) is 33.4 Å². The molecule has 0 spiro atoms. The fraction of sp³-hybridized carbons (Fsp3) is 0. The van der Waals surface area contributed by atoms with Crippen LogP contribution in [0.25, 0.3) is 21.8 Å². The Balaban J connectivity index is 1.77. The molecular formula is C19H13N5O5S. The fourth-order valence-electron chi connectivity index (χ4n) is 2.93. The van der Waals surface area contributed by atoms with Gasteiger partial charge in [-0.3, -0.25) is 9.54 Å². The number of rotatable bonds is 4. The Morgan fingerprint density at radius 2 is 1.83 bits per heavy atom. The van der Waals surface area contributed by atoms with Gasteiger partial charge in [0.2, 0.25) is 0 Å². The van der Waals surface area contributed by atoms with E-state index in [2.05, 4.69) is 20.2 Å². The number of benzene rings is 2. The summed E-state index contributed by atoms with van der Waals surface area (Å²) >= 11 is 0. The van der Waals surface area contributed by atoms with E-state index in [1.165, 1.54) is 24.4 Å². The van der Waals surface area contributed by atoms with E-state index >= 15 is 0 Å². The third-order valence-corrected chi connectivity index (χ3v) is 5.18. The first-order chi connectivity index (χ1) is 14.2. The molecule has 150 valence electrons. The minimum Gasteiger partial charge on any atom is -0.477 e. The number of carbonyl (C=O) groups is 1. The Morgan fingerprint density at radius 3 is 2.57 bits per heavy atom. The summed E-state index contributed by atoms with van der Waals surface area (Å²) < 4.78 is 32.3. The maximum Gasteiger partial charge on any atom is 0.354 e. The Labute approximate surface area is 169 Å². The molecule has 11 heteroatoms. The summed E-state index contributed by atoms with van der Waals surface area (Å²) in [5.41, 5.74) is 7.23. The number of carboxylic acids is 1. The summed E-state index contributed by atoms with van der Waals surface area (Å²) in [6, 6.07) is 12.0. The number of hydrogen-bond acceptors (Lipinski definition) is 8. The number of fused-ring (bicyclic) bond motifs is 2. The molecule has 0 fully saturated rings. The number of hydrogen-bond donors (Lipinski definition) is 3. The van der Waals surface area contributed by atoms with E-state index in [0.717, 1.165) is 0 Å². The minimum atomic E-state index is -4.41. The number of aromatic nitrogens is 2. The molecule has 0 aliphatic carbocycles. The van der Waals surface area contributed by atoms with Crippen molar-refractivity contribution in [1.29, 1.82) is 0 Å². The van der Waals surface area contributed by atoms with Crippen LogP contribution in [0.3, 0.4) is 0 Å². The van der Waals surface area contributed by atoms with Crippen LogP contribution in [0.4, 0.5) is 17.1 Å². The number of aromatic carboxylic acids is 1. The number of nitrogens with two attached hydrogens (primary N) is 1. The van der Waals surface area contributed by atoms with Crippen LogP contribution in [0.2, 0.25) is 0 Å². The van der Waals surface area contributed by atoms with Gasteiger partial charge >= 0.3 is 5.97 Å². The molecule has 4 rings (SSSR count). The monoisotopic (exact) mass is 423 g/mol. The highest BCUT2D eigenvalue weighted by Gasteiger charge is 2.15. The zero-order chi connectivity index (χ0) is 21.5. The van der Waals surface area contributed by atoms with Crippen LogP contribution in [0.5, 0.6) is 0 Å². The molecule has 2 aromatic heterocycles. The van der Waals surface area contributed by atoms with Crippen LogP contribution in [0.1, 0.15) is 10.5 Å². The number of pyridine rings is 2. The topological polar surface area (TPSA) is 168 Å². The van der Waals surface area contributed by atoms with Gasteiger partial charge in [-0.2, -0.15) is 8.42 Å². The molecule has 0 unspecified atom stereocenters. The van der Waals surface area contributed by atoms with E-state index < -0.39 is 16.1 Å². The molecule has 2 heterocycles. The van der Waals surface area contributed by atoms with Crippen molar-refractivity contribution in [2.24, 2.45) is 10.2 Å². The molecule has 0 aliphatic heterocycles. The van der Waals surface area contributed by atoms with E-state index in [4.69, 9.17) is 10.8 Å². The normalized spacial score (nSPS) is 12.0. The molecule has 0 bridgehead atoms. The van der Waals surface area contributed by atoms with Crippen LogP contribution in [0, 0.1) is 0 Å². The van der Waals surface area contributed by atoms with Gasteiger partial charge in [0.05, 0.1) is 28.6 Å². The Morgan fingerprint density at radius 1 is 1.03 bits per heavy atom. The number of para-hydroxylation sites is 1. The molecule has 0 amide bonds. The molecule has 0 saturated carbocycles. The maximum absolute atomic E-state index is 11.5. The van der Waals surface area contributed by atoms with Gasteiger partial charge in [-0.25, -0.2) is 9.78 Å². The predicted molar refractivity (Wildman–Crippen MR) is 109 cm³/mol. The molecule has 10 nitrogen and oxygen atoms in total. The first kappa shape index (κ1) is 19.4. The summed E-state index contributed by atoms with van der Waals surface area (Å²) in [4.78, 5) is 19.0. The van der Waals surface area contributed by atoms with Crippen molar-refractivity contribution in [3.63, 3.8) is 0 Å². The first-order valence-electron chi connectivity index (χ1n) is 8.44. The van der Waals surface area contributed by atoms with Gasteiger partial charge in [0.15, 0.2) is 0 Å². The average Bonchev–Trinajstić information content (AvgIpc) is 2.71. The molecule has 4 N–H and O–H groups in total. The zero-order valence-electron chi connectivity index (χ0n) is 15.1. The van der Waals surface area contributed by atoms with Gasteiger partial charge in [-0.1, -0.05) is 12.1 Å². The lowest BCUT2D eigenvalue weighted by molar-refractivity contribution is 0.0691. The van der Waals surface area contributed by atoms with Crippen molar-refractivity contribution in [2.45, 2.75) is 4.90 Å². The van der Waals surface area contributed by atoms with E-state index in [1.807, 2.05) is 0 Å². The van der Waals surface area contributed by atoms with Crippen molar-refractivity contribution < 1.29 is 22.9 Å². The third-order valence-electron chi connectivity index (χ3n) is 4.30. The second-order valence-electron chi connectivity index (χ2n) is 6.27. The maximum atomic E-state index is 11.5. The Hall–Kier alpha value is -3.96. The van der Waals surface area contributed by atoms with Crippen LogP contribution < -0.4 is 5.73 Å². The quantitative estimate of drug-likeness (QED) is 0.253. The van der Waals surface area contributed by atoms with Gasteiger partial charge < -0.3 is 10.8 Å². The van der Waals surface area contributed by atoms with Crippen molar-refractivity contribution in [1.82, 2.24) is 9.97 Å². The number of azo groups is 1. The highest BCUT2D eigenvalue weighted by molar-refractivity contribution is 7.86. The molecule has 30 heavy (non-hydrogen) atoms. The van der Waals surface area contributed by atoms with Gasteiger partial charge in [0, 0.05) is 10.8 Å². The van der Waals surface area contributed by atoms with E-state index in [9.17, 15) is 17.8 Å². The van der Waals surface area contributed by atoms with Crippen molar-refractivity contribution in [3.05, 3.63) is 60.4 Å². The lowest BCUT2D eigenvalue weighted by Crippen LogP contribution is -2.01. The van der Waals surface area contributed by atoms with Crippen LogP contribution >= 0.6 is 0 Å². The van der Waals surface area contributed by atoms with Crippen molar-refractivity contribution >= 4 is 55.0 Å². The van der Waals surface area contributed by atoms with Crippen LogP contribution in [-0.2, 0) is 10.1 Å². The second kappa shape index (κ2) is 7.13.